The van der Waals surface area contributed by atoms with Crippen LogP contribution >= 0.6 is 0 Å². The topological polar surface area (TPSA) is 38.5 Å². The van der Waals surface area contributed by atoms with Gasteiger partial charge in [-0.15, -0.1) is 0 Å². The van der Waals surface area contributed by atoms with Gasteiger partial charge in [0.25, 0.3) is 0 Å². The molecule has 1 aliphatic rings. The van der Waals surface area contributed by atoms with E-state index in [1.807, 2.05) is 19.1 Å². The zero-order valence-corrected chi connectivity index (χ0v) is 10.8. The van der Waals surface area contributed by atoms with Gasteiger partial charge in [-0.1, -0.05) is 12.1 Å². The van der Waals surface area contributed by atoms with Crippen LogP contribution in [-0.2, 0) is 4.74 Å². The quantitative estimate of drug-likeness (QED) is 0.871. The molecule has 0 bridgehead atoms. The Labute approximate surface area is 108 Å². The fourth-order valence-electron chi connectivity index (χ4n) is 2.70. The van der Waals surface area contributed by atoms with Crippen molar-refractivity contribution in [1.82, 2.24) is 0 Å². The Hall–Kier alpha value is -1.13. The monoisotopic (exact) mass is 252 g/mol. The van der Waals surface area contributed by atoms with Gasteiger partial charge in [0.1, 0.15) is 5.82 Å². The first kappa shape index (κ1) is 13.3. The summed E-state index contributed by atoms with van der Waals surface area (Å²) < 4.78 is 19.3. The molecule has 1 heterocycles. The molecular formula is C14H21FN2O. The molecule has 0 spiro atoms. The number of hydrogen-bond donors (Lipinski definition) is 1. The average molecular weight is 252 g/mol. The van der Waals surface area contributed by atoms with E-state index in [-0.39, 0.29) is 11.9 Å². The Balaban J connectivity index is 2.23. The zero-order valence-electron chi connectivity index (χ0n) is 10.8. The van der Waals surface area contributed by atoms with E-state index in [9.17, 15) is 4.39 Å². The van der Waals surface area contributed by atoms with E-state index >= 15 is 0 Å². The normalized spacial score (nSPS) is 20.9. The van der Waals surface area contributed by atoms with Gasteiger partial charge >= 0.3 is 0 Å². The highest BCUT2D eigenvalue weighted by Crippen LogP contribution is 2.27. The van der Waals surface area contributed by atoms with Crippen LogP contribution < -0.4 is 10.6 Å². The second kappa shape index (κ2) is 6.16. The van der Waals surface area contributed by atoms with Gasteiger partial charge in [0, 0.05) is 31.7 Å². The summed E-state index contributed by atoms with van der Waals surface area (Å²) in [6.45, 7) is 4.82. The number of anilines is 1. The number of para-hydroxylation sites is 1. The molecule has 0 radical (unpaired) electrons. The SMILES string of the molecule is CCN(c1ccccc1F)C(CN)C1CCOC1. The number of ether oxygens (including phenoxy) is 1. The van der Waals surface area contributed by atoms with Crippen LogP contribution in [0.2, 0.25) is 0 Å². The maximum absolute atomic E-state index is 13.9. The minimum atomic E-state index is -0.184. The molecule has 18 heavy (non-hydrogen) atoms. The Morgan fingerprint density at radius 3 is 2.83 bits per heavy atom. The highest BCUT2D eigenvalue weighted by atomic mass is 19.1. The fraction of sp³-hybridized carbons (Fsp3) is 0.571. The molecule has 1 saturated heterocycles. The maximum Gasteiger partial charge on any atom is 0.146 e. The van der Waals surface area contributed by atoms with Crippen molar-refractivity contribution in [1.29, 1.82) is 0 Å². The van der Waals surface area contributed by atoms with E-state index < -0.39 is 0 Å². The summed E-state index contributed by atoms with van der Waals surface area (Å²) >= 11 is 0. The lowest BCUT2D eigenvalue weighted by molar-refractivity contribution is 0.180. The van der Waals surface area contributed by atoms with E-state index in [4.69, 9.17) is 10.5 Å². The van der Waals surface area contributed by atoms with Crippen molar-refractivity contribution in [3.05, 3.63) is 30.1 Å². The number of hydrogen-bond acceptors (Lipinski definition) is 3. The van der Waals surface area contributed by atoms with Crippen LogP contribution in [0.4, 0.5) is 10.1 Å². The van der Waals surface area contributed by atoms with Crippen LogP contribution in [0.25, 0.3) is 0 Å². The summed E-state index contributed by atoms with van der Waals surface area (Å²) in [5.74, 6) is 0.214. The van der Waals surface area contributed by atoms with Gasteiger partial charge in [0.2, 0.25) is 0 Å². The summed E-state index contributed by atoms with van der Waals surface area (Å²) in [5.41, 5.74) is 6.54. The summed E-state index contributed by atoms with van der Waals surface area (Å²) in [6.07, 6.45) is 1.01. The molecule has 0 amide bonds. The number of rotatable bonds is 5. The Bertz CT molecular complexity index is 380. The van der Waals surface area contributed by atoms with E-state index in [1.165, 1.54) is 6.07 Å². The predicted molar refractivity (Wildman–Crippen MR) is 71.2 cm³/mol. The molecule has 3 nitrogen and oxygen atoms in total. The van der Waals surface area contributed by atoms with Crippen molar-refractivity contribution >= 4 is 5.69 Å². The van der Waals surface area contributed by atoms with E-state index in [1.54, 1.807) is 6.07 Å². The molecular weight excluding hydrogens is 231 g/mol. The van der Waals surface area contributed by atoms with Crippen molar-refractivity contribution in [2.75, 3.05) is 31.2 Å². The molecule has 2 rings (SSSR count). The largest absolute Gasteiger partial charge is 0.381 e. The van der Waals surface area contributed by atoms with Crippen LogP contribution in [0, 0.1) is 11.7 Å². The molecule has 4 heteroatoms. The maximum atomic E-state index is 13.9. The third kappa shape index (κ3) is 2.65. The number of benzene rings is 1. The molecule has 2 unspecified atom stereocenters. The summed E-state index contributed by atoms with van der Waals surface area (Å²) in [5, 5.41) is 0. The third-order valence-corrected chi connectivity index (χ3v) is 3.65. The van der Waals surface area contributed by atoms with Crippen molar-refractivity contribution in [2.45, 2.75) is 19.4 Å². The number of nitrogens with zero attached hydrogens (tertiary/aromatic N) is 1. The van der Waals surface area contributed by atoms with Crippen LogP contribution in [0.5, 0.6) is 0 Å². The van der Waals surface area contributed by atoms with Crippen LogP contribution in [0.3, 0.4) is 0 Å². The Morgan fingerprint density at radius 2 is 2.28 bits per heavy atom. The number of nitrogens with two attached hydrogens (primary N) is 1. The van der Waals surface area contributed by atoms with E-state index in [0.717, 1.165) is 26.2 Å². The molecule has 1 fully saturated rings. The first-order valence-electron chi connectivity index (χ1n) is 6.57. The summed E-state index contributed by atoms with van der Waals surface area (Å²) in [6, 6.07) is 7.03. The third-order valence-electron chi connectivity index (χ3n) is 3.65. The zero-order chi connectivity index (χ0) is 13.0. The molecule has 0 aromatic heterocycles. The van der Waals surface area contributed by atoms with Crippen molar-refractivity contribution in [2.24, 2.45) is 11.7 Å². The van der Waals surface area contributed by atoms with Gasteiger partial charge in [-0.05, 0) is 25.5 Å². The Morgan fingerprint density at radius 1 is 1.50 bits per heavy atom. The summed E-state index contributed by atoms with van der Waals surface area (Å²) in [7, 11) is 0. The van der Waals surface area contributed by atoms with E-state index in [2.05, 4.69) is 4.90 Å². The lowest BCUT2D eigenvalue weighted by atomic mass is 9.97. The number of likely N-dealkylation sites (N-methyl/N-ethyl adjacent to an activating group) is 1. The molecule has 100 valence electrons. The molecule has 0 aliphatic carbocycles. The molecule has 2 atom stereocenters. The molecule has 1 aromatic rings. The Kier molecular flexibility index (Phi) is 4.55. The average Bonchev–Trinajstić information content (AvgIpc) is 2.90. The minimum absolute atomic E-state index is 0.148. The number of halogens is 1. The molecule has 0 saturated carbocycles. The lowest BCUT2D eigenvalue weighted by Gasteiger charge is -2.35. The smallest absolute Gasteiger partial charge is 0.146 e. The lowest BCUT2D eigenvalue weighted by Crippen LogP contribution is -2.46. The van der Waals surface area contributed by atoms with Crippen molar-refractivity contribution in [3.8, 4) is 0 Å². The van der Waals surface area contributed by atoms with Gasteiger partial charge in [-0.25, -0.2) is 4.39 Å². The molecule has 2 N–H and O–H groups in total. The van der Waals surface area contributed by atoms with Gasteiger partial charge in [0.05, 0.1) is 12.3 Å². The van der Waals surface area contributed by atoms with Crippen molar-refractivity contribution < 1.29 is 9.13 Å². The van der Waals surface area contributed by atoms with Gasteiger partial charge in [-0.2, -0.15) is 0 Å². The molecule has 1 aromatic carbocycles. The molecule has 1 aliphatic heterocycles. The second-order valence-corrected chi connectivity index (χ2v) is 4.66. The fourth-order valence-corrected chi connectivity index (χ4v) is 2.70. The van der Waals surface area contributed by atoms with Crippen LogP contribution in [0.1, 0.15) is 13.3 Å². The van der Waals surface area contributed by atoms with Crippen molar-refractivity contribution in [3.63, 3.8) is 0 Å². The van der Waals surface area contributed by atoms with Crippen LogP contribution in [0.15, 0.2) is 24.3 Å². The van der Waals surface area contributed by atoms with Gasteiger partial charge in [-0.3, -0.25) is 0 Å². The first-order chi connectivity index (χ1) is 8.77. The second-order valence-electron chi connectivity index (χ2n) is 4.66. The van der Waals surface area contributed by atoms with Crippen LogP contribution in [-0.4, -0.2) is 32.3 Å². The minimum Gasteiger partial charge on any atom is -0.381 e. The van der Waals surface area contributed by atoms with Gasteiger partial charge in [0.15, 0.2) is 0 Å². The van der Waals surface area contributed by atoms with E-state index in [0.29, 0.717) is 18.2 Å². The highest BCUT2D eigenvalue weighted by Gasteiger charge is 2.30. The first-order valence-corrected chi connectivity index (χ1v) is 6.57. The summed E-state index contributed by atoms with van der Waals surface area (Å²) in [4.78, 5) is 2.06. The van der Waals surface area contributed by atoms with Gasteiger partial charge < -0.3 is 15.4 Å². The highest BCUT2D eigenvalue weighted by molar-refractivity contribution is 5.48. The predicted octanol–water partition coefficient (Wildman–Crippen LogP) is 2.02. The standard InChI is InChI=1S/C14H21FN2O/c1-2-17(13-6-4-3-5-12(13)15)14(9-16)11-7-8-18-10-11/h3-6,11,14H,2,7-10,16H2,1H3.